The lowest BCUT2D eigenvalue weighted by Gasteiger charge is -2.01. The summed E-state index contributed by atoms with van der Waals surface area (Å²) in [6.07, 6.45) is 0. The Labute approximate surface area is 107 Å². The van der Waals surface area contributed by atoms with Crippen LogP contribution in [0, 0.1) is 0 Å². The van der Waals surface area contributed by atoms with Gasteiger partial charge in [-0.1, -0.05) is 41.4 Å². The largest absolute Gasteiger partial charge is 0.218 e. The predicted molar refractivity (Wildman–Crippen MR) is 66.2 cm³/mol. The molecule has 0 N–H and O–H groups in total. The minimum Gasteiger partial charge on any atom is -0.218 e. The van der Waals surface area contributed by atoms with Crippen LogP contribution in [0.5, 0.6) is 0 Å². The molecule has 1 aromatic heterocycles. The number of hydrogen-bond acceptors (Lipinski definition) is 3. The monoisotopic (exact) mass is 292 g/mol. The molecule has 0 aliphatic carbocycles. The summed E-state index contributed by atoms with van der Waals surface area (Å²) in [6.45, 7) is 0. The van der Waals surface area contributed by atoms with Gasteiger partial charge in [-0.05, 0) is 18.2 Å². The fourth-order valence-corrected chi connectivity index (χ4v) is 4.66. The second-order valence-corrected chi connectivity index (χ2v) is 7.21. The van der Waals surface area contributed by atoms with E-state index in [1.165, 1.54) is 18.2 Å². The molecule has 6 heteroatoms. The van der Waals surface area contributed by atoms with Gasteiger partial charge < -0.3 is 0 Å². The Morgan fingerprint density at radius 3 is 2.19 bits per heavy atom. The van der Waals surface area contributed by atoms with Crippen LogP contribution in [0.1, 0.15) is 0 Å². The van der Waals surface area contributed by atoms with E-state index < -0.39 is 9.84 Å². The molecule has 2 nitrogen and oxygen atoms in total. The lowest BCUT2D eigenvalue weighted by atomic mass is 10.4. The number of sulfone groups is 1. The van der Waals surface area contributed by atoms with Crippen molar-refractivity contribution in [1.29, 1.82) is 0 Å². The molecule has 0 aliphatic heterocycles. The van der Waals surface area contributed by atoms with Crippen LogP contribution < -0.4 is 0 Å². The fraction of sp³-hybridized carbons (Fsp3) is 0. The van der Waals surface area contributed by atoms with Gasteiger partial charge in [-0.15, -0.1) is 11.3 Å². The van der Waals surface area contributed by atoms with E-state index in [9.17, 15) is 8.42 Å². The molecule has 0 amide bonds. The van der Waals surface area contributed by atoms with E-state index in [-0.39, 0.29) is 14.1 Å². The summed E-state index contributed by atoms with van der Waals surface area (Å²) < 4.78 is 24.8. The summed E-state index contributed by atoms with van der Waals surface area (Å²) in [5.41, 5.74) is 0. The molecule has 0 bridgehead atoms. The van der Waals surface area contributed by atoms with Gasteiger partial charge in [-0.3, -0.25) is 0 Å². The zero-order chi connectivity index (χ0) is 11.8. The molecule has 0 radical (unpaired) electrons. The SMILES string of the molecule is O=S(=O)(c1ccccc1)c1cc(Cl)sc1Cl. The molecule has 0 aliphatic rings. The molecule has 0 unspecified atom stereocenters. The van der Waals surface area contributed by atoms with E-state index in [0.29, 0.717) is 4.34 Å². The van der Waals surface area contributed by atoms with Gasteiger partial charge in [-0.25, -0.2) is 8.42 Å². The van der Waals surface area contributed by atoms with Gasteiger partial charge in [0, 0.05) is 0 Å². The highest BCUT2D eigenvalue weighted by Crippen LogP contribution is 2.36. The van der Waals surface area contributed by atoms with Gasteiger partial charge in [0.05, 0.1) is 9.23 Å². The van der Waals surface area contributed by atoms with Gasteiger partial charge in [0.25, 0.3) is 0 Å². The normalized spacial score (nSPS) is 11.6. The lowest BCUT2D eigenvalue weighted by Crippen LogP contribution is -2.00. The summed E-state index contributed by atoms with van der Waals surface area (Å²) >= 11 is 12.6. The second-order valence-electron chi connectivity index (χ2n) is 3.00. The minimum absolute atomic E-state index is 0.0652. The lowest BCUT2D eigenvalue weighted by molar-refractivity contribution is 0.596. The van der Waals surface area contributed by atoms with Crippen LogP contribution in [-0.4, -0.2) is 8.42 Å². The zero-order valence-corrected chi connectivity index (χ0v) is 11.0. The molecule has 1 heterocycles. The molecule has 0 spiro atoms. The van der Waals surface area contributed by atoms with E-state index >= 15 is 0 Å². The van der Waals surface area contributed by atoms with Crippen LogP contribution in [0.2, 0.25) is 8.67 Å². The first-order valence-electron chi connectivity index (χ1n) is 4.27. The van der Waals surface area contributed by atoms with Crippen LogP contribution in [0.4, 0.5) is 0 Å². The molecule has 1 aromatic carbocycles. The van der Waals surface area contributed by atoms with Gasteiger partial charge in [0.2, 0.25) is 9.84 Å². The van der Waals surface area contributed by atoms with Gasteiger partial charge >= 0.3 is 0 Å². The number of hydrogen-bond donors (Lipinski definition) is 0. The predicted octanol–water partition coefficient (Wildman–Crippen LogP) is 3.89. The third-order valence-electron chi connectivity index (χ3n) is 1.97. The molecule has 84 valence electrons. The average molecular weight is 293 g/mol. The maximum Gasteiger partial charge on any atom is 0.208 e. The molecule has 0 fully saturated rings. The number of thiophene rings is 1. The molecule has 2 rings (SSSR count). The first kappa shape index (κ1) is 11.9. The van der Waals surface area contributed by atoms with Crippen molar-refractivity contribution in [3.05, 3.63) is 45.1 Å². The van der Waals surface area contributed by atoms with E-state index in [0.717, 1.165) is 11.3 Å². The molecule has 2 aromatic rings. The van der Waals surface area contributed by atoms with Crippen LogP contribution in [-0.2, 0) is 9.84 Å². The van der Waals surface area contributed by atoms with Crippen molar-refractivity contribution >= 4 is 44.4 Å². The quantitative estimate of drug-likeness (QED) is 0.842. The molecule has 16 heavy (non-hydrogen) atoms. The highest BCUT2D eigenvalue weighted by molar-refractivity contribution is 7.91. The second kappa shape index (κ2) is 4.37. The van der Waals surface area contributed by atoms with Crippen LogP contribution in [0.25, 0.3) is 0 Å². The highest BCUT2D eigenvalue weighted by Gasteiger charge is 2.22. The van der Waals surface area contributed by atoms with Gasteiger partial charge in [0.1, 0.15) is 9.23 Å². The van der Waals surface area contributed by atoms with E-state index in [2.05, 4.69) is 0 Å². The fourth-order valence-electron chi connectivity index (χ4n) is 1.23. The Balaban J connectivity index is 2.61. The third kappa shape index (κ3) is 2.11. The van der Waals surface area contributed by atoms with Crippen LogP contribution >= 0.6 is 34.5 Å². The summed E-state index contributed by atoms with van der Waals surface area (Å²) in [4.78, 5) is 0.279. The first-order chi connectivity index (χ1) is 7.51. The van der Waals surface area contributed by atoms with Gasteiger partial charge in [0.15, 0.2) is 0 Å². The third-order valence-corrected chi connectivity index (χ3v) is 5.49. The van der Waals surface area contributed by atoms with Crippen LogP contribution in [0.3, 0.4) is 0 Å². The van der Waals surface area contributed by atoms with E-state index in [4.69, 9.17) is 23.2 Å². The maximum atomic E-state index is 12.1. The van der Waals surface area contributed by atoms with E-state index in [1.54, 1.807) is 18.2 Å². The molecular formula is C10H6Cl2O2S2. The number of halogens is 2. The Kier molecular flexibility index (Phi) is 3.26. The first-order valence-corrected chi connectivity index (χ1v) is 7.32. The Bertz CT molecular complexity index is 603. The standard InChI is InChI=1S/C10H6Cl2O2S2/c11-9-6-8(10(12)15-9)16(13,14)7-4-2-1-3-5-7/h1-6H. The minimum atomic E-state index is -3.55. The zero-order valence-electron chi connectivity index (χ0n) is 7.85. The molecule has 0 saturated heterocycles. The summed E-state index contributed by atoms with van der Waals surface area (Å²) in [7, 11) is -3.55. The van der Waals surface area contributed by atoms with Crippen molar-refractivity contribution in [1.82, 2.24) is 0 Å². The van der Waals surface area contributed by atoms with Gasteiger partial charge in [-0.2, -0.15) is 0 Å². The topological polar surface area (TPSA) is 34.1 Å². The van der Waals surface area contributed by atoms with Crippen molar-refractivity contribution in [2.75, 3.05) is 0 Å². The number of benzene rings is 1. The summed E-state index contributed by atoms with van der Waals surface area (Å²) in [5, 5.41) is 0. The highest BCUT2D eigenvalue weighted by atomic mass is 35.5. The summed E-state index contributed by atoms with van der Waals surface area (Å²) in [5.74, 6) is 0. The van der Waals surface area contributed by atoms with Crippen molar-refractivity contribution in [3.8, 4) is 0 Å². The van der Waals surface area contributed by atoms with E-state index in [1.807, 2.05) is 0 Å². The molecule has 0 atom stereocenters. The Morgan fingerprint density at radius 1 is 1.06 bits per heavy atom. The Hall–Kier alpha value is -0.550. The molecule has 0 saturated carbocycles. The average Bonchev–Trinajstić information content (AvgIpc) is 2.60. The van der Waals surface area contributed by atoms with Crippen molar-refractivity contribution in [2.45, 2.75) is 9.79 Å². The molecular weight excluding hydrogens is 287 g/mol. The maximum absolute atomic E-state index is 12.1. The van der Waals surface area contributed by atoms with Crippen LogP contribution in [0.15, 0.2) is 46.2 Å². The number of rotatable bonds is 2. The summed E-state index contributed by atoms with van der Waals surface area (Å²) in [6, 6.07) is 9.50. The van der Waals surface area contributed by atoms with Crippen molar-refractivity contribution < 1.29 is 8.42 Å². The smallest absolute Gasteiger partial charge is 0.208 e. The Morgan fingerprint density at radius 2 is 1.69 bits per heavy atom. The van der Waals surface area contributed by atoms with Crippen molar-refractivity contribution in [3.63, 3.8) is 0 Å². The van der Waals surface area contributed by atoms with Crippen molar-refractivity contribution in [2.24, 2.45) is 0 Å².